The lowest BCUT2D eigenvalue weighted by Crippen LogP contribution is -2.36. The molecule has 3 rings (SSSR count). The number of cyclic esters (lactones) is 1. The first-order chi connectivity index (χ1) is 11.2. The molecule has 0 unspecified atom stereocenters. The van der Waals surface area contributed by atoms with Crippen molar-refractivity contribution in [2.45, 2.75) is 19.1 Å². The maximum Gasteiger partial charge on any atom is 0.410 e. The highest BCUT2D eigenvalue weighted by Crippen LogP contribution is 2.15. The van der Waals surface area contributed by atoms with Crippen LogP contribution >= 0.6 is 0 Å². The number of carbonyl (C=O) groups excluding carboxylic acids is 1. The van der Waals surface area contributed by atoms with Crippen LogP contribution in [-0.4, -0.2) is 34.6 Å². The van der Waals surface area contributed by atoms with E-state index >= 15 is 0 Å². The molecule has 0 aromatic heterocycles. The Bertz CT molecular complexity index is 686. The van der Waals surface area contributed by atoms with Gasteiger partial charge in [-0.15, -0.1) is 0 Å². The summed E-state index contributed by atoms with van der Waals surface area (Å²) in [5, 5.41) is 12.1. The van der Waals surface area contributed by atoms with Crippen molar-refractivity contribution in [1.82, 2.24) is 4.90 Å². The van der Waals surface area contributed by atoms with Gasteiger partial charge in [-0.25, -0.2) is 9.53 Å². The minimum absolute atomic E-state index is 0.208. The Morgan fingerprint density at radius 2 is 1.70 bits per heavy atom. The smallest absolute Gasteiger partial charge is 0.410 e. The molecule has 5 heteroatoms. The maximum absolute atomic E-state index is 12.1. The molecule has 2 aromatic rings. The van der Waals surface area contributed by atoms with Gasteiger partial charge in [0.05, 0.1) is 6.54 Å². The summed E-state index contributed by atoms with van der Waals surface area (Å²) >= 11 is 0. The molecule has 1 fully saturated rings. The third-order valence-electron chi connectivity index (χ3n) is 3.73. The molecule has 1 aliphatic rings. The summed E-state index contributed by atoms with van der Waals surface area (Å²) in [4.78, 5) is 13.5. The monoisotopic (exact) mass is 310 g/mol. The summed E-state index contributed by atoms with van der Waals surface area (Å²) in [6, 6.07) is 18.8. The quantitative estimate of drug-likeness (QED) is 0.369. The van der Waals surface area contributed by atoms with Gasteiger partial charge in [-0.2, -0.15) is 0 Å². The fourth-order valence-corrected chi connectivity index (χ4v) is 2.56. The van der Waals surface area contributed by atoms with Crippen molar-refractivity contribution < 1.29 is 14.3 Å². The molecular weight excluding hydrogens is 292 g/mol. The second-order valence-corrected chi connectivity index (χ2v) is 5.47. The minimum atomic E-state index is -0.386. The Morgan fingerprint density at radius 1 is 1.09 bits per heavy atom. The van der Waals surface area contributed by atoms with Crippen molar-refractivity contribution >= 4 is 12.3 Å². The van der Waals surface area contributed by atoms with Crippen molar-refractivity contribution in [3.63, 3.8) is 0 Å². The van der Waals surface area contributed by atoms with Gasteiger partial charge in [-0.1, -0.05) is 60.7 Å². The van der Waals surface area contributed by atoms with E-state index in [0.717, 1.165) is 15.9 Å². The second kappa shape index (κ2) is 6.96. The lowest BCUT2D eigenvalue weighted by molar-refractivity contribution is -0.472. The number of nitrogens with zero attached hydrogens (tertiary/aromatic N) is 2. The third-order valence-corrected chi connectivity index (χ3v) is 3.73. The molecule has 1 heterocycles. The Labute approximate surface area is 135 Å². The van der Waals surface area contributed by atoms with E-state index in [-0.39, 0.29) is 25.3 Å². The van der Waals surface area contributed by atoms with Crippen LogP contribution in [0.5, 0.6) is 0 Å². The van der Waals surface area contributed by atoms with Gasteiger partial charge in [0.2, 0.25) is 0 Å². The topological polar surface area (TPSA) is 55.6 Å². The number of amides is 1. The molecule has 118 valence electrons. The van der Waals surface area contributed by atoms with Crippen molar-refractivity contribution in [1.29, 1.82) is 0 Å². The summed E-state index contributed by atoms with van der Waals surface area (Å²) in [7, 11) is 0. The van der Waals surface area contributed by atoms with Crippen LogP contribution in [-0.2, 0) is 17.8 Å². The van der Waals surface area contributed by atoms with Gasteiger partial charge in [0.15, 0.2) is 12.8 Å². The van der Waals surface area contributed by atoms with Crippen LogP contribution in [0.25, 0.3) is 0 Å². The molecule has 5 nitrogen and oxygen atoms in total. The van der Waals surface area contributed by atoms with E-state index in [1.165, 1.54) is 6.21 Å². The van der Waals surface area contributed by atoms with E-state index in [0.29, 0.717) is 6.54 Å². The zero-order valence-electron chi connectivity index (χ0n) is 12.7. The molecule has 1 atom stereocenters. The van der Waals surface area contributed by atoms with Gasteiger partial charge in [0.1, 0.15) is 12.6 Å². The molecule has 0 spiro atoms. The summed E-state index contributed by atoms with van der Waals surface area (Å²) in [6.45, 7) is 0.893. The van der Waals surface area contributed by atoms with E-state index < -0.39 is 0 Å². The highest BCUT2D eigenvalue weighted by molar-refractivity contribution is 5.77. The Hall–Kier alpha value is -2.82. The van der Waals surface area contributed by atoms with Gasteiger partial charge in [-0.3, -0.25) is 4.90 Å². The standard InChI is InChI=1S/C18H18N2O3/c21-18-20(12-16-9-5-2-6-10-16)17(14-23-18)13-19(22)11-15-7-3-1-4-8-15/h1-10,13,17H,11-12,14H2/b19-13-/t17-/m0/s1. The zero-order chi connectivity index (χ0) is 16.1. The number of hydrogen-bond donors (Lipinski definition) is 0. The van der Waals surface area contributed by atoms with Crippen LogP contribution in [0.1, 0.15) is 11.1 Å². The number of hydrogen-bond acceptors (Lipinski definition) is 3. The van der Waals surface area contributed by atoms with Crippen LogP contribution in [0.15, 0.2) is 60.7 Å². The van der Waals surface area contributed by atoms with Crippen molar-refractivity contribution in [2.75, 3.05) is 6.61 Å². The lowest BCUT2D eigenvalue weighted by Gasteiger charge is -2.18. The lowest BCUT2D eigenvalue weighted by atomic mass is 10.2. The van der Waals surface area contributed by atoms with E-state index in [2.05, 4.69) is 0 Å². The maximum atomic E-state index is 12.1. The van der Waals surface area contributed by atoms with Gasteiger partial charge < -0.3 is 9.94 Å². The molecule has 0 bridgehead atoms. The molecule has 0 saturated carbocycles. The molecular formula is C18H18N2O3. The Kier molecular flexibility index (Phi) is 4.57. The van der Waals surface area contributed by atoms with E-state index in [4.69, 9.17) is 4.74 Å². The Morgan fingerprint density at radius 3 is 2.35 bits per heavy atom. The minimum Gasteiger partial charge on any atom is -0.624 e. The van der Waals surface area contributed by atoms with Gasteiger partial charge in [0, 0.05) is 5.56 Å². The first-order valence-corrected chi connectivity index (χ1v) is 7.52. The largest absolute Gasteiger partial charge is 0.624 e. The van der Waals surface area contributed by atoms with Crippen molar-refractivity contribution in [3.05, 3.63) is 77.0 Å². The molecule has 23 heavy (non-hydrogen) atoms. The van der Waals surface area contributed by atoms with Crippen LogP contribution < -0.4 is 0 Å². The first-order valence-electron chi connectivity index (χ1n) is 7.52. The normalized spacial score (nSPS) is 18.1. The van der Waals surface area contributed by atoms with Crippen LogP contribution in [0.3, 0.4) is 0 Å². The number of hydroxylamine groups is 1. The van der Waals surface area contributed by atoms with Gasteiger partial charge >= 0.3 is 6.09 Å². The summed E-state index contributed by atoms with van der Waals surface area (Å²) in [5.74, 6) is 0. The van der Waals surface area contributed by atoms with Crippen LogP contribution in [0, 0.1) is 5.21 Å². The van der Waals surface area contributed by atoms with Crippen LogP contribution in [0.2, 0.25) is 0 Å². The number of rotatable bonds is 5. The van der Waals surface area contributed by atoms with E-state index in [1.54, 1.807) is 4.90 Å². The average Bonchev–Trinajstić information content (AvgIpc) is 2.90. The fourth-order valence-electron chi connectivity index (χ4n) is 2.56. The molecule has 0 aliphatic carbocycles. The summed E-state index contributed by atoms with van der Waals surface area (Å²) in [5.41, 5.74) is 1.93. The molecule has 0 radical (unpaired) electrons. The van der Waals surface area contributed by atoms with Gasteiger partial charge in [-0.05, 0) is 5.56 Å². The zero-order valence-corrected chi connectivity index (χ0v) is 12.7. The SMILES string of the molecule is O=C1OC[C@H](/C=[N+](\[O-])Cc2ccccc2)N1Cc1ccccc1. The number of carbonyl (C=O) groups is 1. The summed E-state index contributed by atoms with van der Waals surface area (Å²) in [6.07, 6.45) is 1.13. The van der Waals surface area contributed by atoms with Gasteiger partial charge in [0.25, 0.3) is 0 Å². The molecule has 1 amide bonds. The van der Waals surface area contributed by atoms with Crippen molar-refractivity contribution in [2.24, 2.45) is 0 Å². The Balaban J connectivity index is 1.70. The third kappa shape index (κ3) is 3.88. The predicted octanol–water partition coefficient (Wildman–Crippen LogP) is 2.79. The van der Waals surface area contributed by atoms with E-state index in [9.17, 15) is 10.0 Å². The first kappa shape index (κ1) is 15.1. The van der Waals surface area contributed by atoms with Crippen molar-refractivity contribution in [3.8, 4) is 0 Å². The highest BCUT2D eigenvalue weighted by atomic mass is 16.6. The van der Waals surface area contributed by atoms with E-state index in [1.807, 2.05) is 60.7 Å². The molecule has 1 saturated heterocycles. The number of ether oxygens (including phenoxy) is 1. The van der Waals surface area contributed by atoms with Crippen LogP contribution in [0.4, 0.5) is 4.79 Å². The molecule has 0 N–H and O–H groups in total. The second-order valence-electron chi connectivity index (χ2n) is 5.47. The fraction of sp³-hybridized carbons (Fsp3) is 0.222. The predicted molar refractivity (Wildman–Crippen MR) is 87.0 cm³/mol. The molecule has 1 aliphatic heterocycles. The molecule has 2 aromatic carbocycles. The number of benzene rings is 2. The summed E-state index contributed by atoms with van der Waals surface area (Å²) < 4.78 is 5.95. The average molecular weight is 310 g/mol. The highest BCUT2D eigenvalue weighted by Gasteiger charge is 2.34.